The van der Waals surface area contributed by atoms with E-state index >= 15 is 0 Å². The van der Waals surface area contributed by atoms with Crippen LogP contribution in [0.15, 0.2) is 22.3 Å². The number of nitrogens with one attached hydrogen (secondary N) is 2. The minimum absolute atomic E-state index is 0.0363. The molecule has 0 saturated carbocycles. The fourth-order valence-corrected chi connectivity index (χ4v) is 5.15. The van der Waals surface area contributed by atoms with E-state index in [9.17, 15) is 24.0 Å². The molecule has 3 amide bonds. The third-order valence-electron chi connectivity index (χ3n) is 5.03. The molecule has 15 nitrogen and oxygen atoms in total. The Morgan fingerprint density at radius 3 is 2.64 bits per heavy atom. The summed E-state index contributed by atoms with van der Waals surface area (Å²) in [6, 6.07) is -1.74. The van der Waals surface area contributed by atoms with E-state index in [0.29, 0.717) is 5.75 Å². The van der Waals surface area contributed by atoms with Crippen molar-refractivity contribution in [2.75, 3.05) is 24.3 Å². The zero-order chi connectivity index (χ0) is 28.7. The van der Waals surface area contributed by atoms with Gasteiger partial charge in [0.2, 0.25) is 12.2 Å². The van der Waals surface area contributed by atoms with Gasteiger partial charge in [-0.3, -0.25) is 19.3 Å². The van der Waals surface area contributed by atoms with Crippen LogP contribution in [0.25, 0.3) is 0 Å². The highest BCUT2D eigenvalue weighted by molar-refractivity contribution is 8.00. The number of fused-ring (bicyclic) bond motifs is 1. The number of nitrogens with zero attached hydrogens (tertiary/aromatic N) is 3. The van der Waals surface area contributed by atoms with Crippen molar-refractivity contribution in [3.63, 3.8) is 0 Å². The average Bonchev–Trinajstić information content (AvgIpc) is 3.34. The largest absolute Gasteiger partial charge is 0.511 e. The molecule has 17 heteroatoms. The van der Waals surface area contributed by atoms with Gasteiger partial charge in [0.1, 0.15) is 29.4 Å². The van der Waals surface area contributed by atoms with E-state index in [4.69, 9.17) is 20.0 Å². The van der Waals surface area contributed by atoms with E-state index < -0.39 is 53.6 Å². The van der Waals surface area contributed by atoms with Crippen LogP contribution in [-0.2, 0) is 38.2 Å². The smallest absolute Gasteiger partial charge is 0.435 e. The summed E-state index contributed by atoms with van der Waals surface area (Å²) in [5, 5.41) is 10.1. The quantitative estimate of drug-likeness (QED) is 0.107. The molecule has 0 aromatic carbocycles. The second-order valence-electron chi connectivity index (χ2n) is 7.92. The fraction of sp³-hybridized carbons (Fsp3) is 0.500. The van der Waals surface area contributed by atoms with Crippen LogP contribution < -0.4 is 16.4 Å². The van der Waals surface area contributed by atoms with E-state index in [0.717, 1.165) is 11.3 Å². The number of thiazole rings is 1. The van der Waals surface area contributed by atoms with Crippen LogP contribution in [0.5, 0.6) is 0 Å². The molecule has 2 aliphatic rings. The van der Waals surface area contributed by atoms with Gasteiger partial charge < -0.3 is 35.4 Å². The van der Waals surface area contributed by atoms with Crippen molar-refractivity contribution in [3.8, 4) is 0 Å². The van der Waals surface area contributed by atoms with Gasteiger partial charge in [0.25, 0.3) is 11.8 Å². The Bertz CT molecular complexity index is 1180. The molecule has 3 heterocycles. The molecule has 1 saturated heterocycles. The summed E-state index contributed by atoms with van der Waals surface area (Å²) in [4.78, 5) is 72.5. The molecule has 2 aliphatic heterocycles. The molecule has 0 aliphatic carbocycles. The Hall–Kier alpha value is -3.70. The summed E-state index contributed by atoms with van der Waals surface area (Å²) in [7, 11) is 0. The lowest BCUT2D eigenvalue weighted by Gasteiger charge is -2.48. The number of esters is 1. The first-order valence-corrected chi connectivity index (χ1v) is 13.7. The van der Waals surface area contributed by atoms with Gasteiger partial charge in [0.05, 0.1) is 12.6 Å². The molecule has 0 radical (unpaired) electrons. The fourth-order valence-electron chi connectivity index (χ4n) is 3.25. The first-order chi connectivity index (χ1) is 18.6. The maximum absolute atomic E-state index is 13.1. The van der Waals surface area contributed by atoms with Crippen molar-refractivity contribution in [2.24, 2.45) is 10.9 Å². The van der Waals surface area contributed by atoms with Gasteiger partial charge in [-0.2, -0.15) is 0 Å². The normalized spacial score (nSPS) is 19.9. The van der Waals surface area contributed by atoms with Gasteiger partial charge in [-0.15, -0.1) is 23.1 Å². The maximum atomic E-state index is 13.1. The van der Waals surface area contributed by atoms with Crippen molar-refractivity contribution < 1.29 is 43.0 Å². The van der Waals surface area contributed by atoms with Crippen LogP contribution in [0.2, 0.25) is 0 Å². The Balaban J connectivity index is 1.66. The molecule has 2 unspecified atom stereocenters. The van der Waals surface area contributed by atoms with Crippen molar-refractivity contribution in [2.45, 2.75) is 51.4 Å². The first-order valence-electron chi connectivity index (χ1n) is 11.8. The SMILES string of the molecule is CCON=C(C(=O)NC1C(=O)N2C(C(=O)OC(C)OC(=O)OCC)=CCS[C@H]12)c1csc(NC(=O)[C@H](C)N)n1. The molecule has 1 aromatic rings. The number of oxime groups is 1. The minimum Gasteiger partial charge on any atom is -0.435 e. The van der Waals surface area contributed by atoms with Gasteiger partial charge in [0, 0.05) is 18.1 Å². The number of hydrogen-bond acceptors (Lipinski definition) is 14. The topological polar surface area (TPSA) is 201 Å². The van der Waals surface area contributed by atoms with Crippen molar-refractivity contribution in [1.29, 1.82) is 0 Å². The number of hydrogen-bond donors (Lipinski definition) is 3. The van der Waals surface area contributed by atoms with E-state index in [-0.39, 0.29) is 35.4 Å². The summed E-state index contributed by atoms with van der Waals surface area (Å²) in [6.07, 6.45) is -0.749. The summed E-state index contributed by atoms with van der Waals surface area (Å²) in [5.74, 6) is -2.28. The van der Waals surface area contributed by atoms with E-state index in [1.807, 2.05) is 0 Å². The second kappa shape index (κ2) is 13.4. The maximum Gasteiger partial charge on any atom is 0.511 e. The molecule has 0 spiro atoms. The highest BCUT2D eigenvalue weighted by Crippen LogP contribution is 2.38. The van der Waals surface area contributed by atoms with Gasteiger partial charge in [-0.05, 0) is 26.8 Å². The molecule has 39 heavy (non-hydrogen) atoms. The predicted molar refractivity (Wildman–Crippen MR) is 139 cm³/mol. The summed E-state index contributed by atoms with van der Waals surface area (Å²) in [5.41, 5.74) is 5.42. The van der Waals surface area contributed by atoms with Gasteiger partial charge in [-0.25, -0.2) is 14.6 Å². The van der Waals surface area contributed by atoms with Gasteiger partial charge in [-0.1, -0.05) is 5.16 Å². The third-order valence-corrected chi connectivity index (χ3v) is 6.97. The number of thioether (sulfide) groups is 1. The molecule has 1 aromatic heterocycles. The number of rotatable bonds is 11. The third kappa shape index (κ3) is 7.24. The van der Waals surface area contributed by atoms with Crippen LogP contribution >= 0.6 is 23.1 Å². The lowest BCUT2D eigenvalue weighted by molar-refractivity contribution is -0.168. The van der Waals surface area contributed by atoms with Crippen LogP contribution in [0.4, 0.5) is 9.93 Å². The van der Waals surface area contributed by atoms with Crippen molar-refractivity contribution in [3.05, 3.63) is 22.8 Å². The number of β-lactam (4-membered cyclic amide) rings is 1. The second-order valence-corrected chi connectivity index (χ2v) is 9.93. The summed E-state index contributed by atoms with van der Waals surface area (Å²) >= 11 is 2.37. The Labute approximate surface area is 231 Å². The van der Waals surface area contributed by atoms with Crippen molar-refractivity contribution in [1.82, 2.24) is 15.2 Å². The highest BCUT2D eigenvalue weighted by atomic mass is 32.2. The van der Waals surface area contributed by atoms with E-state index in [2.05, 4.69) is 25.5 Å². The molecular weight excluding hydrogens is 556 g/mol. The first kappa shape index (κ1) is 29.9. The predicted octanol–water partition coefficient (Wildman–Crippen LogP) is 0.516. The molecule has 1 fully saturated rings. The lowest BCUT2D eigenvalue weighted by atomic mass is 10.0. The molecule has 212 valence electrons. The van der Waals surface area contributed by atoms with E-state index in [1.54, 1.807) is 13.8 Å². The standard InChI is InChI=1S/C22H28N6O9S2/c1-5-34-22(33)37-11(4)36-20(32)13-7-8-38-19-15(18(31)28(13)19)25-17(30)14(27-35-6-2)12-9-39-21(24-12)26-16(29)10(3)23/h7,9-11,15,19H,5-6,8,23H2,1-4H3,(H,25,30)(H,24,26,29)/t10-,11?,15?,19+/m0/s1. The van der Waals surface area contributed by atoms with Crippen molar-refractivity contribution >= 4 is 63.8 Å². The number of carbonyl (C=O) groups excluding carboxylic acids is 5. The Morgan fingerprint density at radius 2 is 1.97 bits per heavy atom. The number of nitrogens with two attached hydrogens (primary N) is 1. The summed E-state index contributed by atoms with van der Waals surface area (Å²) < 4.78 is 14.6. The average molecular weight is 585 g/mol. The van der Waals surface area contributed by atoms with Crippen LogP contribution in [0.1, 0.15) is 33.4 Å². The number of ether oxygens (including phenoxy) is 3. The Morgan fingerprint density at radius 1 is 1.23 bits per heavy atom. The van der Waals surface area contributed by atoms with Gasteiger partial charge in [0.15, 0.2) is 10.8 Å². The van der Waals surface area contributed by atoms with Crippen LogP contribution in [-0.4, -0.2) is 88.2 Å². The van der Waals surface area contributed by atoms with Gasteiger partial charge >= 0.3 is 12.1 Å². The van der Waals surface area contributed by atoms with Crippen LogP contribution in [0.3, 0.4) is 0 Å². The highest BCUT2D eigenvalue weighted by Gasteiger charge is 2.53. The van der Waals surface area contributed by atoms with Crippen LogP contribution in [0, 0.1) is 0 Å². The number of aromatic nitrogens is 1. The molecule has 3 rings (SSSR count). The zero-order valence-corrected chi connectivity index (χ0v) is 23.1. The molecule has 0 bridgehead atoms. The Kier molecular flexibility index (Phi) is 10.2. The molecular formula is C22H28N6O9S2. The minimum atomic E-state index is -1.25. The lowest BCUT2D eigenvalue weighted by Crippen LogP contribution is -2.70. The number of carbonyl (C=O) groups is 5. The number of anilines is 1. The number of amides is 3. The molecule has 4 N–H and O–H groups in total. The zero-order valence-electron chi connectivity index (χ0n) is 21.5. The molecule has 4 atom stereocenters. The van der Waals surface area contributed by atoms with E-state index in [1.165, 1.54) is 42.0 Å². The monoisotopic (exact) mass is 584 g/mol. The summed E-state index contributed by atoms with van der Waals surface area (Å²) in [6.45, 7) is 6.36.